The Bertz CT molecular complexity index is 635. The van der Waals surface area contributed by atoms with Crippen LogP contribution in [0.25, 0.3) is 5.52 Å². The number of hydrogen-bond acceptors (Lipinski definition) is 3. The Hall–Kier alpha value is -2.28. The molecule has 0 saturated heterocycles. The third-order valence-corrected chi connectivity index (χ3v) is 2.81. The van der Waals surface area contributed by atoms with Gasteiger partial charge in [0.15, 0.2) is 0 Å². The van der Waals surface area contributed by atoms with Crippen molar-refractivity contribution in [1.82, 2.24) is 4.40 Å². The summed E-state index contributed by atoms with van der Waals surface area (Å²) in [4.78, 5) is 11.5. The van der Waals surface area contributed by atoms with Gasteiger partial charge in [0.25, 0.3) is 0 Å². The molecule has 18 heavy (non-hydrogen) atoms. The van der Waals surface area contributed by atoms with E-state index in [-0.39, 0.29) is 12.4 Å². The molecule has 2 heterocycles. The van der Waals surface area contributed by atoms with Gasteiger partial charge in [-0.2, -0.15) is 5.26 Å². The van der Waals surface area contributed by atoms with E-state index in [1.807, 2.05) is 29.7 Å². The molecular weight excluding hydrogens is 228 g/mol. The zero-order valence-electron chi connectivity index (χ0n) is 10.4. The first kappa shape index (κ1) is 12.2. The first-order valence-corrected chi connectivity index (χ1v) is 5.82. The summed E-state index contributed by atoms with van der Waals surface area (Å²) in [5.74, 6) is -0.235. The lowest BCUT2D eigenvalue weighted by Gasteiger charge is -2.03. The first-order valence-electron chi connectivity index (χ1n) is 5.82. The summed E-state index contributed by atoms with van der Waals surface area (Å²) in [5, 5.41) is 8.88. The minimum absolute atomic E-state index is 0.235. The van der Waals surface area contributed by atoms with Crippen molar-refractivity contribution in [2.75, 3.05) is 6.61 Å². The van der Waals surface area contributed by atoms with Gasteiger partial charge >= 0.3 is 5.97 Å². The maximum atomic E-state index is 11.5. The van der Waals surface area contributed by atoms with E-state index in [1.54, 1.807) is 13.0 Å². The standard InChI is InChI=1S/C14H14N2O2/c1-3-18-14(17)8-12-6-10(2)13-7-11(9-15)4-5-16(12)13/h4-7H,3,8H2,1-2H3. The van der Waals surface area contributed by atoms with Crippen molar-refractivity contribution < 1.29 is 9.53 Å². The van der Waals surface area contributed by atoms with Gasteiger partial charge < -0.3 is 9.14 Å². The number of aryl methyl sites for hydroxylation is 1. The average molecular weight is 242 g/mol. The molecule has 4 nitrogen and oxygen atoms in total. The Labute approximate surface area is 105 Å². The molecule has 4 heteroatoms. The number of carbonyl (C=O) groups is 1. The number of aromatic nitrogens is 1. The van der Waals surface area contributed by atoms with Crippen LogP contribution in [0.5, 0.6) is 0 Å². The zero-order chi connectivity index (χ0) is 13.1. The molecule has 2 aromatic heterocycles. The van der Waals surface area contributed by atoms with E-state index in [9.17, 15) is 4.79 Å². The topological polar surface area (TPSA) is 54.5 Å². The van der Waals surface area contributed by atoms with Gasteiger partial charge in [0, 0.05) is 17.4 Å². The lowest BCUT2D eigenvalue weighted by molar-refractivity contribution is -0.142. The fourth-order valence-corrected chi connectivity index (χ4v) is 2.01. The fraction of sp³-hybridized carbons (Fsp3) is 0.286. The van der Waals surface area contributed by atoms with Crippen LogP contribution >= 0.6 is 0 Å². The Balaban J connectivity index is 2.41. The van der Waals surface area contributed by atoms with Crippen LogP contribution in [0, 0.1) is 18.3 Å². The summed E-state index contributed by atoms with van der Waals surface area (Å²) >= 11 is 0. The predicted octanol–water partition coefficient (Wildman–Crippen LogP) is 2.23. The Morgan fingerprint density at radius 3 is 2.94 bits per heavy atom. The SMILES string of the molecule is CCOC(=O)Cc1cc(C)c2cc(C#N)ccn12. The third kappa shape index (κ3) is 2.21. The molecule has 0 unspecified atom stereocenters. The van der Waals surface area contributed by atoms with Crippen molar-refractivity contribution in [2.45, 2.75) is 20.3 Å². The number of rotatable bonds is 3. The number of ether oxygens (including phenoxy) is 1. The number of nitriles is 1. The van der Waals surface area contributed by atoms with Crippen LogP contribution in [0.15, 0.2) is 24.4 Å². The van der Waals surface area contributed by atoms with Crippen LogP contribution in [0.1, 0.15) is 23.7 Å². The maximum absolute atomic E-state index is 11.5. The van der Waals surface area contributed by atoms with Gasteiger partial charge in [-0.05, 0) is 37.6 Å². The minimum Gasteiger partial charge on any atom is -0.466 e. The van der Waals surface area contributed by atoms with E-state index in [2.05, 4.69) is 6.07 Å². The van der Waals surface area contributed by atoms with E-state index in [0.29, 0.717) is 12.2 Å². The minimum atomic E-state index is -0.235. The van der Waals surface area contributed by atoms with Crippen LogP contribution in [-0.4, -0.2) is 17.0 Å². The number of fused-ring (bicyclic) bond motifs is 1. The van der Waals surface area contributed by atoms with Crippen LogP contribution in [-0.2, 0) is 16.0 Å². The average Bonchev–Trinajstić information content (AvgIpc) is 2.66. The second-order valence-corrected chi connectivity index (χ2v) is 4.08. The zero-order valence-corrected chi connectivity index (χ0v) is 10.4. The molecule has 0 spiro atoms. The highest BCUT2D eigenvalue weighted by Gasteiger charge is 2.11. The highest BCUT2D eigenvalue weighted by molar-refractivity contribution is 5.73. The molecule has 0 radical (unpaired) electrons. The molecule has 0 amide bonds. The van der Waals surface area contributed by atoms with Gasteiger partial charge in [-0.1, -0.05) is 0 Å². The van der Waals surface area contributed by atoms with E-state index < -0.39 is 0 Å². The normalized spacial score (nSPS) is 10.3. The smallest absolute Gasteiger partial charge is 0.311 e. The molecule has 92 valence electrons. The number of carbonyl (C=O) groups excluding carboxylic acids is 1. The first-order chi connectivity index (χ1) is 8.65. The Kier molecular flexibility index (Phi) is 3.33. The maximum Gasteiger partial charge on any atom is 0.311 e. The van der Waals surface area contributed by atoms with Gasteiger partial charge in [0.05, 0.1) is 24.7 Å². The van der Waals surface area contributed by atoms with Gasteiger partial charge in [-0.15, -0.1) is 0 Å². The van der Waals surface area contributed by atoms with Crippen LogP contribution in [0.4, 0.5) is 0 Å². The van der Waals surface area contributed by atoms with Crippen LogP contribution in [0.3, 0.4) is 0 Å². The summed E-state index contributed by atoms with van der Waals surface area (Å²) < 4.78 is 6.87. The largest absolute Gasteiger partial charge is 0.466 e. The number of pyridine rings is 1. The fourth-order valence-electron chi connectivity index (χ4n) is 2.01. The van der Waals surface area contributed by atoms with Crippen molar-refractivity contribution in [2.24, 2.45) is 0 Å². The molecule has 2 aromatic rings. The molecule has 0 aliphatic heterocycles. The molecule has 0 aromatic carbocycles. The number of nitrogens with zero attached hydrogens (tertiary/aromatic N) is 2. The summed E-state index contributed by atoms with van der Waals surface area (Å²) in [6.45, 7) is 4.14. The van der Waals surface area contributed by atoms with E-state index in [1.165, 1.54) is 0 Å². The molecule has 0 N–H and O–H groups in total. The quantitative estimate of drug-likeness (QED) is 0.775. The molecule has 0 saturated carbocycles. The molecular formula is C14H14N2O2. The summed E-state index contributed by atoms with van der Waals surface area (Å²) in [6.07, 6.45) is 2.06. The lowest BCUT2D eigenvalue weighted by atomic mass is 10.2. The molecule has 2 rings (SSSR count). The molecule has 0 aliphatic rings. The van der Waals surface area contributed by atoms with Crippen molar-refractivity contribution >= 4 is 11.5 Å². The molecule has 0 aliphatic carbocycles. The lowest BCUT2D eigenvalue weighted by Crippen LogP contribution is -2.09. The molecule has 0 fully saturated rings. The molecule has 0 bridgehead atoms. The monoisotopic (exact) mass is 242 g/mol. The highest BCUT2D eigenvalue weighted by atomic mass is 16.5. The van der Waals surface area contributed by atoms with Gasteiger partial charge in [-0.25, -0.2) is 0 Å². The van der Waals surface area contributed by atoms with Crippen molar-refractivity contribution in [3.05, 3.63) is 41.2 Å². The Morgan fingerprint density at radius 1 is 1.50 bits per heavy atom. The second kappa shape index (κ2) is 4.92. The van der Waals surface area contributed by atoms with Crippen LogP contribution in [0.2, 0.25) is 0 Å². The van der Waals surface area contributed by atoms with Crippen molar-refractivity contribution in [1.29, 1.82) is 5.26 Å². The second-order valence-electron chi connectivity index (χ2n) is 4.08. The van der Waals surface area contributed by atoms with E-state index >= 15 is 0 Å². The van der Waals surface area contributed by atoms with E-state index in [4.69, 9.17) is 10.00 Å². The van der Waals surface area contributed by atoms with Gasteiger partial charge in [-0.3, -0.25) is 4.79 Å². The molecule has 0 atom stereocenters. The summed E-state index contributed by atoms with van der Waals surface area (Å²) in [6, 6.07) is 7.62. The van der Waals surface area contributed by atoms with Crippen LogP contribution < -0.4 is 0 Å². The number of esters is 1. The number of hydrogen-bond donors (Lipinski definition) is 0. The predicted molar refractivity (Wildman–Crippen MR) is 67.2 cm³/mol. The van der Waals surface area contributed by atoms with Crippen molar-refractivity contribution in [3.8, 4) is 6.07 Å². The van der Waals surface area contributed by atoms with E-state index in [0.717, 1.165) is 16.8 Å². The summed E-state index contributed by atoms with van der Waals surface area (Å²) in [5.41, 5.74) is 3.50. The Morgan fingerprint density at radius 2 is 2.28 bits per heavy atom. The van der Waals surface area contributed by atoms with Gasteiger partial charge in [0.2, 0.25) is 0 Å². The summed E-state index contributed by atoms with van der Waals surface area (Å²) in [7, 11) is 0. The van der Waals surface area contributed by atoms with Crippen molar-refractivity contribution in [3.63, 3.8) is 0 Å². The third-order valence-electron chi connectivity index (χ3n) is 2.81. The van der Waals surface area contributed by atoms with Gasteiger partial charge in [0.1, 0.15) is 0 Å². The highest BCUT2D eigenvalue weighted by Crippen LogP contribution is 2.18.